The van der Waals surface area contributed by atoms with E-state index in [1.165, 1.54) is 44.1 Å². The van der Waals surface area contributed by atoms with Gasteiger partial charge in [-0.3, -0.25) is 0 Å². The lowest BCUT2D eigenvalue weighted by atomic mass is 10.1. The number of hydrogen-bond donors (Lipinski definition) is 1. The molecule has 1 rings (SSSR count). The smallest absolute Gasteiger partial charge is 0.0409 e. The van der Waals surface area contributed by atoms with Crippen LogP contribution in [0.15, 0.2) is 24.3 Å². The van der Waals surface area contributed by atoms with Crippen LogP contribution in [0.5, 0.6) is 0 Å². The minimum absolute atomic E-state index is 0.388. The molecule has 0 saturated heterocycles. The van der Waals surface area contributed by atoms with E-state index >= 15 is 0 Å². The van der Waals surface area contributed by atoms with E-state index in [0.717, 1.165) is 11.6 Å². The van der Waals surface area contributed by atoms with Crippen LogP contribution in [0.2, 0.25) is 5.02 Å². The van der Waals surface area contributed by atoms with Gasteiger partial charge in [-0.05, 0) is 37.6 Å². The number of rotatable bonds is 9. The van der Waals surface area contributed by atoms with Crippen LogP contribution in [0, 0.1) is 0 Å². The standard InChI is InChI=1S/C16H26ClN/c1-3-4-5-6-7-8-12-18-14(2)15-10-9-11-16(17)13-15/h9-11,13-14,18H,3-8,12H2,1-2H3/t14-/m1/s1. The average molecular weight is 268 g/mol. The van der Waals surface area contributed by atoms with Crippen LogP contribution in [0.3, 0.4) is 0 Å². The van der Waals surface area contributed by atoms with Gasteiger partial charge in [-0.25, -0.2) is 0 Å². The van der Waals surface area contributed by atoms with Crippen molar-refractivity contribution in [2.45, 2.75) is 58.4 Å². The molecule has 0 aliphatic carbocycles. The Bertz CT molecular complexity index is 325. The normalized spacial score (nSPS) is 12.6. The molecule has 0 radical (unpaired) electrons. The predicted molar refractivity (Wildman–Crippen MR) is 81.2 cm³/mol. The molecule has 0 bridgehead atoms. The number of halogens is 1. The second-order valence-corrected chi connectivity index (χ2v) is 5.44. The molecular formula is C16H26ClN. The van der Waals surface area contributed by atoms with Gasteiger partial charge in [0.2, 0.25) is 0 Å². The molecule has 1 N–H and O–H groups in total. The monoisotopic (exact) mass is 267 g/mol. The van der Waals surface area contributed by atoms with Crippen LogP contribution in [-0.4, -0.2) is 6.54 Å². The van der Waals surface area contributed by atoms with Crippen molar-refractivity contribution in [2.75, 3.05) is 6.54 Å². The SMILES string of the molecule is CCCCCCCCN[C@H](C)c1cccc(Cl)c1. The Hall–Kier alpha value is -0.530. The third kappa shape index (κ3) is 6.42. The van der Waals surface area contributed by atoms with Crippen molar-refractivity contribution in [3.05, 3.63) is 34.9 Å². The third-order valence-electron chi connectivity index (χ3n) is 3.33. The predicted octanol–water partition coefficient (Wildman–Crippen LogP) is 5.35. The number of benzene rings is 1. The molecule has 1 atom stereocenters. The Morgan fingerprint density at radius 2 is 1.83 bits per heavy atom. The Labute approximate surface area is 117 Å². The maximum atomic E-state index is 5.99. The highest BCUT2D eigenvalue weighted by Crippen LogP contribution is 2.17. The topological polar surface area (TPSA) is 12.0 Å². The zero-order valence-corrected chi connectivity index (χ0v) is 12.5. The summed E-state index contributed by atoms with van der Waals surface area (Å²) < 4.78 is 0. The minimum atomic E-state index is 0.388. The van der Waals surface area contributed by atoms with E-state index < -0.39 is 0 Å². The van der Waals surface area contributed by atoms with Crippen LogP contribution in [0.4, 0.5) is 0 Å². The lowest BCUT2D eigenvalue weighted by molar-refractivity contribution is 0.527. The quantitative estimate of drug-likeness (QED) is 0.595. The minimum Gasteiger partial charge on any atom is -0.310 e. The molecule has 0 saturated carbocycles. The molecule has 0 aromatic heterocycles. The molecular weight excluding hydrogens is 242 g/mol. The van der Waals surface area contributed by atoms with Gasteiger partial charge in [0.1, 0.15) is 0 Å². The zero-order chi connectivity index (χ0) is 13.2. The number of nitrogens with one attached hydrogen (secondary N) is 1. The van der Waals surface area contributed by atoms with Crippen molar-refractivity contribution in [3.63, 3.8) is 0 Å². The van der Waals surface area contributed by atoms with Crippen LogP contribution >= 0.6 is 11.6 Å². The average Bonchev–Trinajstić information content (AvgIpc) is 2.37. The summed E-state index contributed by atoms with van der Waals surface area (Å²) in [4.78, 5) is 0. The molecule has 0 amide bonds. The van der Waals surface area contributed by atoms with Crippen molar-refractivity contribution in [3.8, 4) is 0 Å². The fraction of sp³-hybridized carbons (Fsp3) is 0.625. The van der Waals surface area contributed by atoms with Crippen molar-refractivity contribution in [1.82, 2.24) is 5.32 Å². The van der Waals surface area contributed by atoms with E-state index in [9.17, 15) is 0 Å². The Morgan fingerprint density at radius 3 is 2.56 bits per heavy atom. The van der Waals surface area contributed by atoms with Crippen LogP contribution in [0.25, 0.3) is 0 Å². The van der Waals surface area contributed by atoms with Gasteiger partial charge in [0, 0.05) is 11.1 Å². The summed E-state index contributed by atoms with van der Waals surface area (Å²) >= 11 is 5.99. The maximum absolute atomic E-state index is 5.99. The third-order valence-corrected chi connectivity index (χ3v) is 3.56. The molecule has 2 heteroatoms. The van der Waals surface area contributed by atoms with Crippen molar-refractivity contribution < 1.29 is 0 Å². The van der Waals surface area contributed by atoms with Gasteiger partial charge in [0.15, 0.2) is 0 Å². The van der Waals surface area contributed by atoms with Crippen molar-refractivity contribution >= 4 is 11.6 Å². The molecule has 102 valence electrons. The number of unbranched alkanes of at least 4 members (excludes halogenated alkanes) is 5. The summed E-state index contributed by atoms with van der Waals surface area (Å²) in [5, 5.41) is 4.38. The molecule has 18 heavy (non-hydrogen) atoms. The first kappa shape index (κ1) is 15.5. The molecule has 0 aliphatic rings. The van der Waals surface area contributed by atoms with Gasteiger partial charge in [-0.2, -0.15) is 0 Å². The van der Waals surface area contributed by atoms with Gasteiger partial charge >= 0.3 is 0 Å². The highest BCUT2D eigenvalue weighted by atomic mass is 35.5. The van der Waals surface area contributed by atoms with E-state index in [0.29, 0.717) is 6.04 Å². The Balaban J connectivity index is 2.12. The summed E-state index contributed by atoms with van der Waals surface area (Å²) in [5.74, 6) is 0. The first-order valence-electron chi connectivity index (χ1n) is 7.23. The molecule has 0 fully saturated rings. The van der Waals surface area contributed by atoms with E-state index in [4.69, 9.17) is 11.6 Å². The van der Waals surface area contributed by atoms with Gasteiger partial charge in [0.05, 0.1) is 0 Å². The molecule has 0 heterocycles. The van der Waals surface area contributed by atoms with Gasteiger partial charge in [0.25, 0.3) is 0 Å². The molecule has 0 unspecified atom stereocenters. The maximum Gasteiger partial charge on any atom is 0.0409 e. The van der Waals surface area contributed by atoms with Gasteiger partial charge in [-0.1, -0.05) is 62.8 Å². The van der Waals surface area contributed by atoms with Crippen molar-refractivity contribution in [2.24, 2.45) is 0 Å². The van der Waals surface area contributed by atoms with E-state index in [-0.39, 0.29) is 0 Å². The van der Waals surface area contributed by atoms with Crippen LogP contribution in [0.1, 0.15) is 64.0 Å². The zero-order valence-electron chi connectivity index (χ0n) is 11.7. The Kier molecular flexibility index (Phi) is 8.11. The summed E-state index contributed by atoms with van der Waals surface area (Å²) in [6, 6.07) is 8.50. The highest BCUT2D eigenvalue weighted by Gasteiger charge is 2.04. The first-order valence-corrected chi connectivity index (χ1v) is 7.60. The molecule has 0 aliphatic heterocycles. The van der Waals surface area contributed by atoms with Crippen LogP contribution in [-0.2, 0) is 0 Å². The summed E-state index contributed by atoms with van der Waals surface area (Å²) in [5.41, 5.74) is 1.27. The fourth-order valence-electron chi connectivity index (χ4n) is 2.12. The van der Waals surface area contributed by atoms with E-state index in [2.05, 4.69) is 25.2 Å². The summed E-state index contributed by atoms with van der Waals surface area (Å²) in [6.45, 7) is 5.55. The van der Waals surface area contributed by atoms with Gasteiger partial charge < -0.3 is 5.32 Å². The first-order chi connectivity index (χ1) is 8.74. The molecule has 0 spiro atoms. The largest absolute Gasteiger partial charge is 0.310 e. The second kappa shape index (κ2) is 9.41. The molecule has 1 nitrogen and oxygen atoms in total. The highest BCUT2D eigenvalue weighted by molar-refractivity contribution is 6.30. The van der Waals surface area contributed by atoms with E-state index in [1.54, 1.807) is 0 Å². The molecule has 1 aromatic rings. The van der Waals surface area contributed by atoms with Crippen molar-refractivity contribution in [1.29, 1.82) is 0 Å². The van der Waals surface area contributed by atoms with E-state index in [1.807, 2.05) is 18.2 Å². The summed E-state index contributed by atoms with van der Waals surface area (Å²) in [6.07, 6.45) is 8.09. The lowest BCUT2D eigenvalue weighted by Crippen LogP contribution is -2.19. The fourth-order valence-corrected chi connectivity index (χ4v) is 2.32. The van der Waals surface area contributed by atoms with Crippen LogP contribution < -0.4 is 5.32 Å². The number of hydrogen-bond acceptors (Lipinski definition) is 1. The molecule has 1 aromatic carbocycles. The Morgan fingerprint density at radius 1 is 1.11 bits per heavy atom. The second-order valence-electron chi connectivity index (χ2n) is 5.00. The summed E-state index contributed by atoms with van der Waals surface area (Å²) in [7, 11) is 0. The lowest BCUT2D eigenvalue weighted by Gasteiger charge is -2.14. The van der Waals surface area contributed by atoms with Gasteiger partial charge in [-0.15, -0.1) is 0 Å².